The van der Waals surface area contributed by atoms with Gasteiger partial charge in [0.1, 0.15) is 0 Å². The van der Waals surface area contributed by atoms with Crippen molar-refractivity contribution in [3.63, 3.8) is 0 Å². The molecule has 114 valence electrons. The second-order valence-electron chi connectivity index (χ2n) is 5.55. The van der Waals surface area contributed by atoms with Crippen molar-refractivity contribution in [1.29, 1.82) is 0 Å². The van der Waals surface area contributed by atoms with E-state index in [1.165, 1.54) is 34.2 Å². The Balaban J connectivity index is 1.81. The first kappa shape index (κ1) is 15.1. The Morgan fingerprint density at radius 2 is 2.29 bits per heavy atom. The first-order valence-electron chi connectivity index (χ1n) is 7.59. The minimum Gasteiger partial charge on any atom is -0.312 e. The van der Waals surface area contributed by atoms with Crippen LogP contribution in [0.5, 0.6) is 0 Å². The Morgan fingerprint density at radius 3 is 2.95 bits per heavy atom. The van der Waals surface area contributed by atoms with Crippen LogP contribution in [0.4, 0.5) is 0 Å². The van der Waals surface area contributed by atoms with E-state index in [0.29, 0.717) is 6.04 Å². The molecule has 0 spiro atoms. The molecule has 3 nitrogen and oxygen atoms in total. The van der Waals surface area contributed by atoms with Gasteiger partial charge in [-0.1, -0.05) is 6.92 Å². The third kappa shape index (κ3) is 3.20. The highest BCUT2D eigenvalue weighted by Gasteiger charge is 2.20. The zero-order valence-corrected chi connectivity index (χ0v) is 14.6. The SMILES string of the molecule is CCc1cc(CC(NC)c2cc3c(s2)CCSC3)n(C)n1. The van der Waals surface area contributed by atoms with E-state index in [-0.39, 0.29) is 0 Å². The number of thiophene rings is 1. The molecule has 1 aliphatic heterocycles. The van der Waals surface area contributed by atoms with E-state index in [1.807, 2.05) is 16.0 Å². The molecule has 1 unspecified atom stereocenters. The highest BCUT2D eigenvalue weighted by Crippen LogP contribution is 2.35. The van der Waals surface area contributed by atoms with Crippen molar-refractivity contribution in [2.24, 2.45) is 7.05 Å². The number of fused-ring (bicyclic) bond motifs is 1. The van der Waals surface area contributed by atoms with Crippen LogP contribution in [0.1, 0.15) is 39.7 Å². The molecule has 0 saturated heterocycles. The molecule has 5 heteroatoms. The lowest BCUT2D eigenvalue weighted by atomic mass is 10.1. The molecule has 1 aliphatic rings. The van der Waals surface area contributed by atoms with Crippen LogP contribution in [0.3, 0.4) is 0 Å². The van der Waals surface area contributed by atoms with Gasteiger partial charge in [0, 0.05) is 40.7 Å². The molecular formula is C16H23N3S2. The standard InChI is InChI=1S/C16H23N3S2/c1-4-12-8-13(19(3)18-12)9-14(17-2)16-7-11-10-20-6-5-15(11)21-16/h7-8,14,17H,4-6,9-10H2,1-3H3. The van der Waals surface area contributed by atoms with Gasteiger partial charge in [-0.05, 0) is 43.3 Å². The number of rotatable bonds is 5. The van der Waals surface area contributed by atoms with Crippen LogP contribution in [0.2, 0.25) is 0 Å². The van der Waals surface area contributed by atoms with Crippen molar-refractivity contribution in [3.05, 3.63) is 38.8 Å². The Kier molecular flexibility index (Phi) is 4.72. The Hall–Kier alpha value is -0.780. The van der Waals surface area contributed by atoms with E-state index in [4.69, 9.17) is 0 Å². The molecule has 1 N–H and O–H groups in total. The number of hydrogen-bond acceptors (Lipinski definition) is 4. The minimum absolute atomic E-state index is 0.394. The van der Waals surface area contributed by atoms with Crippen LogP contribution in [-0.2, 0) is 32.1 Å². The average Bonchev–Trinajstić information content (AvgIpc) is 3.07. The number of nitrogens with zero attached hydrogens (tertiary/aromatic N) is 2. The molecule has 3 rings (SSSR count). The van der Waals surface area contributed by atoms with E-state index in [0.717, 1.165) is 12.8 Å². The van der Waals surface area contributed by atoms with E-state index in [9.17, 15) is 0 Å². The van der Waals surface area contributed by atoms with E-state index in [2.05, 4.69) is 55.3 Å². The highest BCUT2D eigenvalue weighted by molar-refractivity contribution is 7.98. The topological polar surface area (TPSA) is 29.9 Å². The van der Waals surface area contributed by atoms with Gasteiger partial charge in [-0.25, -0.2) is 0 Å². The monoisotopic (exact) mass is 321 g/mol. The number of aryl methyl sites for hydroxylation is 3. The van der Waals surface area contributed by atoms with Crippen LogP contribution in [0.25, 0.3) is 0 Å². The fourth-order valence-corrected chi connectivity index (χ4v) is 5.32. The molecule has 0 fully saturated rings. The summed E-state index contributed by atoms with van der Waals surface area (Å²) in [7, 11) is 4.12. The van der Waals surface area contributed by atoms with Crippen molar-refractivity contribution < 1.29 is 0 Å². The molecule has 21 heavy (non-hydrogen) atoms. The van der Waals surface area contributed by atoms with Gasteiger partial charge in [0.25, 0.3) is 0 Å². The summed E-state index contributed by atoms with van der Waals surface area (Å²) in [6, 6.07) is 5.06. The number of nitrogens with one attached hydrogen (secondary N) is 1. The van der Waals surface area contributed by atoms with Crippen molar-refractivity contribution >= 4 is 23.1 Å². The zero-order chi connectivity index (χ0) is 14.8. The second kappa shape index (κ2) is 6.55. The van der Waals surface area contributed by atoms with Crippen LogP contribution in [0, 0.1) is 0 Å². The molecule has 0 amide bonds. The largest absolute Gasteiger partial charge is 0.312 e. The third-order valence-electron chi connectivity index (χ3n) is 4.14. The summed E-state index contributed by atoms with van der Waals surface area (Å²) < 4.78 is 2.03. The van der Waals surface area contributed by atoms with Gasteiger partial charge in [0.2, 0.25) is 0 Å². The first-order valence-corrected chi connectivity index (χ1v) is 9.56. The average molecular weight is 322 g/mol. The van der Waals surface area contributed by atoms with Crippen LogP contribution >= 0.6 is 23.1 Å². The van der Waals surface area contributed by atoms with Crippen molar-refractivity contribution in [3.8, 4) is 0 Å². The first-order chi connectivity index (χ1) is 10.2. The number of aromatic nitrogens is 2. The molecule has 0 aromatic carbocycles. The Morgan fingerprint density at radius 1 is 1.43 bits per heavy atom. The summed E-state index contributed by atoms with van der Waals surface area (Å²) in [5.74, 6) is 2.47. The predicted molar refractivity (Wildman–Crippen MR) is 92.3 cm³/mol. The molecule has 0 bridgehead atoms. The highest BCUT2D eigenvalue weighted by atomic mass is 32.2. The summed E-state index contributed by atoms with van der Waals surface area (Å²) in [4.78, 5) is 3.08. The molecule has 0 radical (unpaired) electrons. The van der Waals surface area contributed by atoms with Gasteiger partial charge < -0.3 is 5.32 Å². The fraction of sp³-hybridized carbons (Fsp3) is 0.562. The van der Waals surface area contributed by atoms with Gasteiger partial charge in [-0.15, -0.1) is 11.3 Å². The number of hydrogen-bond donors (Lipinski definition) is 1. The normalized spacial score (nSPS) is 16.0. The number of thioether (sulfide) groups is 1. The molecule has 2 aromatic heterocycles. The molecular weight excluding hydrogens is 298 g/mol. The number of likely N-dealkylation sites (N-methyl/N-ethyl adjacent to an activating group) is 1. The molecule has 1 atom stereocenters. The van der Waals surface area contributed by atoms with Crippen molar-refractivity contribution in [2.75, 3.05) is 12.8 Å². The summed E-state index contributed by atoms with van der Waals surface area (Å²) >= 11 is 4.06. The second-order valence-corrected chi connectivity index (χ2v) is 7.82. The van der Waals surface area contributed by atoms with Crippen LogP contribution < -0.4 is 5.32 Å². The summed E-state index contributed by atoms with van der Waals surface area (Å²) in [5, 5.41) is 8.06. The van der Waals surface area contributed by atoms with Gasteiger partial charge in [0.15, 0.2) is 0 Å². The van der Waals surface area contributed by atoms with Crippen molar-refractivity contribution in [1.82, 2.24) is 15.1 Å². The lowest BCUT2D eigenvalue weighted by molar-refractivity contribution is 0.568. The van der Waals surface area contributed by atoms with E-state index >= 15 is 0 Å². The van der Waals surface area contributed by atoms with Gasteiger partial charge in [0.05, 0.1) is 5.69 Å². The summed E-state index contributed by atoms with van der Waals surface area (Å²) in [5.41, 5.74) is 4.06. The Bertz CT molecular complexity index is 592. The third-order valence-corrected chi connectivity index (χ3v) is 6.50. The van der Waals surface area contributed by atoms with Gasteiger partial charge in [-0.3, -0.25) is 4.68 Å². The van der Waals surface area contributed by atoms with Gasteiger partial charge in [-0.2, -0.15) is 16.9 Å². The maximum atomic E-state index is 4.56. The zero-order valence-electron chi connectivity index (χ0n) is 13.0. The maximum Gasteiger partial charge on any atom is 0.0624 e. The smallest absolute Gasteiger partial charge is 0.0624 e. The lowest BCUT2D eigenvalue weighted by Gasteiger charge is -2.14. The summed E-state index contributed by atoms with van der Waals surface area (Å²) in [6.07, 6.45) is 3.25. The van der Waals surface area contributed by atoms with Crippen LogP contribution in [-0.4, -0.2) is 22.6 Å². The van der Waals surface area contributed by atoms with E-state index in [1.54, 1.807) is 10.4 Å². The summed E-state index contributed by atoms with van der Waals surface area (Å²) in [6.45, 7) is 2.16. The molecule has 0 saturated carbocycles. The van der Waals surface area contributed by atoms with Crippen molar-refractivity contribution in [2.45, 2.75) is 38.0 Å². The molecule has 2 aromatic rings. The maximum absolute atomic E-state index is 4.56. The minimum atomic E-state index is 0.394. The van der Waals surface area contributed by atoms with E-state index < -0.39 is 0 Å². The molecule has 3 heterocycles. The van der Waals surface area contributed by atoms with Crippen LogP contribution in [0.15, 0.2) is 12.1 Å². The van der Waals surface area contributed by atoms with Gasteiger partial charge >= 0.3 is 0 Å². The predicted octanol–water partition coefficient (Wildman–Crippen LogP) is 3.34. The molecule has 0 aliphatic carbocycles. The Labute approximate surface area is 135 Å². The lowest BCUT2D eigenvalue weighted by Crippen LogP contribution is -2.19. The quantitative estimate of drug-likeness (QED) is 0.916. The fourth-order valence-electron chi connectivity index (χ4n) is 2.83.